The van der Waals surface area contributed by atoms with Gasteiger partial charge in [0.1, 0.15) is 11.6 Å². The van der Waals surface area contributed by atoms with E-state index in [1.165, 1.54) is 13.2 Å². The highest BCUT2D eigenvalue weighted by molar-refractivity contribution is 7.91. The molecule has 0 fully saturated rings. The zero-order valence-corrected chi connectivity index (χ0v) is 12.9. The van der Waals surface area contributed by atoms with Gasteiger partial charge in [0.15, 0.2) is 4.21 Å². The van der Waals surface area contributed by atoms with Crippen molar-refractivity contribution in [3.8, 4) is 5.75 Å². The Hall–Kier alpha value is -1.44. The van der Waals surface area contributed by atoms with Gasteiger partial charge in [-0.25, -0.2) is 17.5 Å². The maximum absolute atomic E-state index is 13.7. The molecule has 1 aromatic heterocycles. The minimum atomic E-state index is -3.68. The minimum Gasteiger partial charge on any atom is -0.494 e. The number of hydrogen-bond donors (Lipinski definition) is 1. The molecule has 7 heteroatoms. The van der Waals surface area contributed by atoms with E-state index in [9.17, 15) is 12.8 Å². The third-order valence-corrected chi connectivity index (χ3v) is 6.49. The lowest BCUT2D eigenvalue weighted by atomic mass is 10.1. The van der Waals surface area contributed by atoms with E-state index in [0.717, 1.165) is 11.3 Å². The van der Waals surface area contributed by atoms with Gasteiger partial charge in [0.2, 0.25) is 0 Å². The van der Waals surface area contributed by atoms with Crippen molar-refractivity contribution in [2.75, 3.05) is 7.11 Å². The molecular weight excluding hydrogens is 313 g/mol. The molecule has 0 unspecified atom stereocenters. The summed E-state index contributed by atoms with van der Waals surface area (Å²) in [4.78, 5) is 0. The molecule has 0 saturated heterocycles. The number of thiophene rings is 1. The van der Waals surface area contributed by atoms with Crippen molar-refractivity contribution >= 4 is 21.4 Å². The molecule has 4 nitrogen and oxygen atoms in total. The number of halogens is 1. The van der Waals surface area contributed by atoms with Crippen LogP contribution < -0.4 is 9.46 Å². The van der Waals surface area contributed by atoms with Crippen LogP contribution in [0.15, 0.2) is 33.9 Å². The monoisotopic (exact) mass is 327 g/mol. The number of benzene rings is 1. The number of fused-ring (bicyclic) bond motifs is 1. The maximum atomic E-state index is 13.7. The minimum absolute atomic E-state index is 0.148. The fourth-order valence-corrected chi connectivity index (χ4v) is 5.15. The third kappa shape index (κ3) is 2.56. The molecule has 112 valence electrons. The van der Waals surface area contributed by atoms with Crippen LogP contribution in [-0.2, 0) is 16.4 Å². The van der Waals surface area contributed by atoms with Crippen molar-refractivity contribution in [3.63, 3.8) is 0 Å². The van der Waals surface area contributed by atoms with Crippen LogP contribution in [-0.4, -0.2) is 15.5 Å². The molecule has 0 spiro atoms. The number of ether oxygens (including phenoxy) is 1. The Morgan fingerprint density at radius 1 is 1.38 bits per heavy atom. The zero-order chi connectivity index (χ0) is 15.0. The lowest BCUT2D eigenvalue weighted by molar-refractivity contribution is 0.406. The van der Waals surface area contributed by atoms with Crippen molar-refractivity contribution in [2.45, 2.75) is 23.1 Å². The van der Waals surface area contributed by atoms with Crippen molar-refractivity contribution in [1.82, 2.24) is 4.72 Å². The van der Waals surface area contributed by atoms with Crippen LogP contribution in [0.2, 0.25) is 0 Å². The molecule has 0 bridgehead atoms. The van der Waals surface area contributed by atoms with E-state index in [-0.39, 0.29) is 10.0 Å². The molecular formula is C14H14FNO3S2. The number of methoxy groups -OCH3 is 1. The molecule has 0 aliphatic heterocycles. The Balaban J connectivity index is 1.91. The molecule has 2 aromatic rings. The van der Waals surface area contributed by atoms with Gasteiger partial charge in [-0.2, -0.15) is 0 Å². The summed E-state index contributed by atoms with van der Waals surface area (Å²) in [5, 5.41) is 1.66. The van der Waals surface area contributed by atoms with Crippen LogP contribution >= 0.6 is 11.3 Å². The van der Waals surface area contributed by atoms with Gasteiger partial charge in [0.05, 0.1) is 7.11 Å². The van der Waals surface area contributed by atoms with Crippen LogP contribution in [0.25, 0.3) is 0 Å². The van der Waals surface area contributed by atoms with E-state index in [1.807, 2.05) is 0 Å². The third-order valence-electron chi connectivity index (χ3n) is 3.57. The Kier molecular flexibility index (Phi) is 3.73. The quantitative estimate of drug-likeness (QED) is 0.939. The first-order chi connectivity index (χ1) is 10.0. The Labute approximate surface area is 126 Å². The van der Waals surface area contributed by atoms with E-state index in [4.69, 9.17) is 4.74 Å². The average Bonchev–Trinajstić information content (AvgIpc) is 3.06. The molecule has 1 aliphatic rings. The molecule has 0 radical (unpaired) electrons. The second-order valence-corrected chi connectivity index (χ2v) is 7.62. The predicted molar refractivity (Wildman–Crippen MR) is 78.7 cm³/mol. The van der Waals surface area contributed by atoms with Gasteiger partial charge in [-0.3, -0.25) is 0 Å². The van der Waals surface area contributed by atoms with Crippen molar-refractivity contribution in [2.24, 2.45) is 0 Å². The highest BCUT2D eigenvalue weighted by Crippen LogP contribution is 2.36. The number of rotatable bonds is 4. The molecule has 3 rings (SSSR count). The first-order valence-corrected chi connectivity index (χ1v) is 8.80. The topological polar surface area (TPSA) is 55.4 Å². The van der Waals surface area contributed by atoms with Crippen LogP contribution in [0.4, 0.5) is 4.39 Å². The molecule has 21 heavy (non-hydrogen) atoms. The summed E-state index contributed by atoms with van der Waals surface area (Å²) in [6, 6.07) is 5.99. The summed E-state index contributed by atoms with van der Waals surface area (Å²) in [7, 11) is -2.25. The summed E-state index contributed by atoms with van der Waals surface area (Å²) in [5.74, 6) is 0.0489. The average molecular weight is 327 g/mol. The van der Waals surface area contributed by atoms with Gasteiger partial charge in [-0.1, -0.05) is 12.1 Å². The summed E-state index contributed by atoms with van der Waals surface area (Å²) in [6.45, 7) is 0. The van der Waals surface area contributed by atoms with Crippen LogP contribution in [0.3, 0.4) is 0 Å². The Morgan fingerprint density at radius 2 is 2.19 bits per heavy atom. The zero-order valence-electron chi connectivity index (χ0n) is 11.3. The summed E-state index contributed by atoms with van der Waals surface area (Å²) >= 11 is 1.10. The second kappa shape index (κ2) is 5.40. The van der Waals surface area contributed by atoms with Gasteiger partial charge in [-0.05, 0) is 41.5 Å². The first-order valence-electron chi connectivity index (χ1n) is 6.44. The van der Waals surface area contributed by atoms with Gasteiger partial charge in [0, 0.05) is 6.04 Å². The van der Waals surface area contributed by atoms with Gasteiger partial charge >= 0.3 is 0 Å². The Morgan fingerprint density at radius 3 is 2.95 bits per heavy atom. The molecule has 0 amide bonds. The standard InChI is InChI=1S/C14H14FNO3S2/c1-19-13-7-8-20-14(13)21(17,18)16-12-6-5-9-10(12)3-2-4-11(9)15/h2-4,7-8,12,16H,5-6H2,1H3/t12-/m0/s1. The smallest absolute Gasteiger partial charge is 0.254 e. The predicted octanol–water partition coefficient (Wildman–Crippen LogP) is 2.86. The summed E-state index contributed by atoms with van der Waals surface area (Å²) in [6.07, 6.45) is 1.10. The Bertz CT molecular complexity index is 770. The number of hydrogen-bond acceptors (Lipinski definition) is 4. The van der Waals surface area contributed by atoms with Crippen molar-refractivity contribution in [1.29, 1.82) is 0 Å². The molecule has 1 aliphatic carbocycles. The molecule has 1 heterocycles. The van der Waals surface area contributed by atoms with E-state index in [0.29, 0.717) is 29.7 Å². The largest absolute Gasteiger partial charge is 0.494 e. The van der Waals surface area contributed by atoms with E-state index < -0.39 is 16.1 Å². The first kappa shape index (κ1) is 14.5. The lowest BCUT2D eigenvalue weighted by Crippen LogP contribution is -2.27. The molecule has 1 atom stereocenters. The summed E-state index contributed by atoms with van der Waals surface area (Å²) in [5.41, 5.74) is 1.32. The van der Waals surface area contributed by atoms with E-state index >= 15 is 0 Å². The molecule has 1 N–H and O–H groups in total. The second-order valence-electron chi connectivity index (χ2n) is 4.80. The highest BCUT2D eigenvalue weighted by atomic mass is 32.2. The summed E-state index contributed by atoms with van der Waals surface area (Å²) < 4.78 is 46.4. The lowest BCUT2D eigenvalue weighted by Gasteiger charge is -2.14. The number of sulfonamides is 1. The van der Waals surface area contributed by atoms with Crippen molar-refractivity contribution in [3.05, 3.63) is 46.6 Å². The van der Waals surface area contributed by atoms with Crippen LogP contribution in [0.5, 0.6) is 5.75 Å². The maximum Gasteiger partial charge on any atom is 0.254 e. The van der Waals surface area contributed by atoms with Crippen LogP contribution in [0, 0.1) is 5.82 Å². The van der Waals surface area contributed by atoms with Gasteiger partial charge in [-0.15, -0.1) is 11.3 Å². The normalized spacial score (nSPS) is 17.7. The van der Waals surface area contributed by atoms with Gasteiger partial charge < -0.3 is 4.74 Å². The molecule has 1 aromatic carbocycles. The van der Waals surface area contributed by atoms with E-state index in [1.54, 1.807) is 23.6 Å². The fourth-order valence-electron chi connectivity index (χ4n) is 2.60. The van der Waals surface area contributed by atoms with Crippen LogP contribution in [0.1, 0.15) is 23.6 Å². The SMILES string of the molecule is COc1ccsc1S(=O)(=O)N[C@H]1CCc2c(F)cccc21. The van der Waals surface area contributed by atoms with Crippen molar-refractivity contribution < 1.29 is 17.5 Å². The highest BCUT2D eigenvalue weighted by Gasteiger charge is 2.31. The fraction of sp³-hybridized carbons (Fsp3) is 0.286. The van der Waals surface area contributed by atoms with Gasteiger partial charge in [0.25, 0.3) is 10.0 Å². The van der Waals surface area contributed by atoms with E-state index in [2.05, 4.69) is 4.72 Å². The number of nitrogens with one attached hydrogen (secondary N) is 1. The molecule has 0 saturated carbocycles.